The molecular weight excluding hydrogens is 210 g/mol. The Morgan fingerprint density at radius 2 is 1.88 bits per heavy atom. The number of amides is 2. The monoisotopic (exact) mass is 231 g/mol. The van der Waals surface area contributed by atoms with E-state index < -0.39 is 11.7 Å². The fourth-order valence-corrected chi connectivity index (χ4v) is 0.917. The first kappa shape index (κ1) is 14.7. The summed E-state index contributed by atoms with van der Waals surface area (Å²) in [6.07, 6.45) is -0.275. The van der Waals surface area contributed by atoms with Crippen LogP contribution in [-0.2, 0) is 9.53 Å². The SMILES string of the molecule is CNC(=O)CC(C)NNC(=O)OC(C)(C)C. The van der Waals surface area contributed by atoms with Gasteiger partial charge in [-0.05, 0) is 27.7 Å². The third-order valence-corrected chi connectivity index (χ3v) is 1.59. The normalized spacial score (nSPS) is 12.8. The first-order valence-electron chi connectivity index (χ1n) is 5.19. The molecule has 1 unspecified atom stereocenters. The van der Waals surface area contributed by atoms with Gasteiger partial charge >= 0.3 is 6.09 Å². The van der Waals surface area contributed by atoms with Crippen molar-refractivity contribution in [3.05, 3.63) is 0 Å². The van der Waals surface area contributed by atoms with Crippen LogP contribution >= 0.6 is 0 Å². The quantitative estimate of drug-likeness (QED) is 0.617. The fraction of sp³-hybridized carbons (Fsp3) is 0.800. The summed E-state index contributed by atoms with van der Waals surface area (Å²) in [6, 6.07) is -0.160. The first-order chi connectivity index (χ1) is 7.24. The van der Waals surface area contributed by atoms with Gasteiger partial charge in [0, 0.05) is 19.5 Å². The highest BCUT2D eigenvalue weighted by molar-refractivity contribution is 5.76. The van der Waals surface area contributed by atoms with E-state index in [4.69, 9.17) is 4.74 Å². The molecule has 0 aliphatic heterocycles. The third-order valence-electron chi connectivity index (χ3n) is 1.59. The van der Waals surface area contributed by atoms with E-state index in [1.807, 2.05) is 0 Å². The molecule has 3 N–H and O–H groups in total. The first-order valence-corrected chi connectivity index (χ1v) is 5.19. The van der Waals surface area contributed by atoms with Gasteiger partial charge in [-0.25, -0.2) is 10.2 Å². The van der Waals surface area contributed by atoms with Crippen LogP contribution in [0.25, 0.3) is 0 Å². The molecule has 6 heteroatoms. The molecule has 2 amide bonds. The summed E-state index contributed by atoms with van der Waals surface area (Å²) in [7, 11) is 1.57. The number of rotatable bonds is 4. The third kappa shape index (κ3) is 8.05. The summed E-state index contributed by atoms with van der Waals surface area (Å²) in [5.41, 5.74) is 4.53. The van der Waals surface area contributed by atoms with Crippen LogP contribution in [0.2, 0.25) is 0 Å². The van der Waals surface area contributed by atoms with Crippen molar-refractivity contribution in [1.82, 2.24) is 16.2 Å². The number of ether oxygens (including phenoxy) is 1. The number of hydrogen-bond acceptors (Lipinski definition) is 4. The minimum atomic E-state index is -0.559. The van der Waals surface area contributed by atoms with Crippen molar-refractivity contribution >= 4 is 12.0 Å². The molecule has 0 fully saturated rings. The molecule has 94 valence electrons. The van der Waals surface area contributed by atoms with E-state index in [1.54, 1.807) is 34.7 Å². The standard InChI is InChI=1S/C10H21N3O3/c1-7(6-8(14)11-5)12-13-9(15)16-10(2,3)4/h7,12H,6H2,1-5H3,(H,11,14)(H,13,15). The summed E-state index contributed by atoms with van der Waals surface area (Å²) < 4.78 is 5.01. The van der Waals surface area contributed by atoms with Gasteiger partial charge in [0.15, 0.2) is 0 Å². The van der Waals surface area contributed by atoms with Crippen LogP contribution in [0.3, 0.4) is 0 Å². The Balaban J connectivity index is 3.79. The minimum absolute atomic E-state index is 0.0917. The molecule has 0 radical (unpaired) electrons. The second-order valence-electron chi connectivity index (χ2n) is 4.55. The molecule has 0 heterocycles. The van der Waals surface area contributed by atoms with Crippen molar-refractivity contribution in [2.75, 3.05) is 7.05 Å². The van der Waals surface area contributed by atoms with Crippen molar-refractivity contribution in [3.63, 3.8) is 0 Å². The minimum Gasteiger partial charge on any atom is -0.443 e. The Hall–Kier alpha value is -1.30. The predicted molar refractivity (Wildman–Crippen MR) is 60.7 cm³/mol. The van der Waals surface area contributed by atoms with Gasteiger partial charge in [-0.2, -0.15) is 0 Å². The highest BCUT2D eigenvalue weighted by Gasteiger charge is 2.16. The van der Waals surface area contributed by atoms with Gasteiger partial charge in [-0.15, -0.1) is 0 Å². The molecule has 0 saturated heterocycles. The topological polar surface area (TPSA) is 79.5 Å². The maximum Gasteiger partial charge on any atom is 0.422 e. The molecule has 0 bridgehead atoms. The lowest BCUT2D eigenvalue weighted by Crippen LogP contribution is -2.46. The predicted octanol–water partition coefficient (Wildman–Crippen LogP) is 0.540. The van der Waals surface area contributed by atoms with Crippen LogP contribution in [-0.4, -0.2) is 30.7 Å². The van der Waals surface area contributed by atoms with E-state index in [0.29, 0.717) is 0 Å². The highest BCUT2D eigenvalue weighted by atomic mass is 16.6. The summed E-state index contributed by atoms with van der Waals surface area (Å²) in [4.78, 5) is 22.2. The van der Waals surface area contributed by atoms with Gasteiger partial charge in [0.2, 0.25) is 5.91 Å². The molecule has 16 heavy (non-hydrogen) atoms. The van der Waals surface area contributed by atoms with Crippen LogP contribution in [0.4, 0.5) is 4.79 Å². The maximum absolute atomic E-state index is 11.2. The lowest BCUT2D eigenvalue weighted by atomic mass is 10.2. The molecule has 1 atom stereocenters. The Bertz CT molecular complexity index is 248. The number of hydrazine groups is 1. The summed E-state index contributed by atoms with van der Waals surface area (Å²) in [6.45, 7) is 7.12. The smallest absolute Gasteiger partial charge is 0.422 e. The molecule has 0 aromatic rings. The van der Waals surface area contributed by atoms with Crippen LogP contribution in [0, 0.1) is 0 Å². The van der Waals surface area contributed by atoms with Gasteiger partial charge in [-0.1, -0.05) is 0 Å². The second-order valence-corrected chi connectivity index (χ2v) is 4.55. The average molecular weight is 231 g/mol. The van der Waals surface area contributed by atoms with E-state index in [2.05, 4.69) is 16.2 Å². The van der Waals surface area contributed by atoms with Crippen LogP contribution in [0.1, 0.15) is 34.1 Å². The fourth-order valence-electron chi connectivity index (χ4n) is 0.917. The molecule has 0 spiro atoms. The van der Waals surface area contributed by atoms with Crippen LogP contribution < -0.4 is 16.2 Å². The van der Waals surface area contributed by atoms with E-state index in [9.17, 15) is 9.59 Å². The maximum atomic E-state index is 11.2. The zero-order chi connectivity index (χ0) is 12.8. The van der Waals surface area contributed by atoms with Crippen LogP contribution in [0.15, 0.2) is 0 Å². The number of hydrogen-bond donors (Lipinski definition) is 3. The Morgan fingerprint density at radius 3 is 2.31 bits per heavy atom. The zero-order valence-electron chi connectivity index (χ0n) is 10.5. The second kappa shape index (κ2) is 6.32. The number of carbonyl (C=O) groups is 2. The lowest BCUT2D eigenvalue weighted by molar-refractivity contribution is -0.121. The van der Waals surface area contributed by atoms with Gasteiger partial charge < -0.3 is 10.1 Å². The van der Waals surface area contributed by atoms with E-state index in [-0.39, 0.29) is 18.4 Å². The Kier molecular flexibility index (Phi) is 5.81. The Labute approximate surface area is 96.1 Å². The largest absolute Gasteiger partial charge is 0.443 e. The molecular formula is C10H21N3O3. The van der Waals surface area contributed by atoms with E-state index in [0.717, 1.165) is 0 Å². The molecule has 0 rings (SSSR count). The van der Waals surface area contributed by atoms with E-state index in [1.165, 1.54) is 0 Å². The number of carbonyl (C=O) groups excluding carboxylic acids is 2. The van der Waals surface area contributed by atoms with Crippen molar-refractivity contribution < 1.29 is 14.3 Å². The van der Waals surface area contributed by atoms with Gasteiger partial charge in [0.05, 0.1) is 0 Å². The lowest BCUT2D eigenvalue weighted by Gasteiger charge is -2.21. The molecule has 6 nitrogen and oxygen atoms in total. The van der Waals surface area contributed by atoms with Crippen molar-refractivity contribution in [2.24, 2.45) is 0 Å². The van der Waals surface area contributed by atoms with Gasteiger partial charge in [0.25, 0.3) is 0 Å². The Morgan fingerprint density at radius 1 is 1.31 bits per heavy atom. The summed E-state index contributed by atoms with van der Waals surface area (Å²) >= 11 is 0. The average Bonchev–Trinajstić information content (AvgIpc) is 2.12. The summed E-state index contributed by atoms with van der Waals surface area (Å²) in [5.74, 6) is -0.0917. The molecule has 0 aromatic carbocycles. The van der Waals surface area contributed by atoms with Crippen molar-refractivity contribution in [3.8, 4) is 0 Å². The molecule has 0 aliphatic carbocycles. The number of nitrogens with one attached hydrogen (secondary N) is 3. The van der Waals surface area contributed by atoms with Gasteiger partial charge in [0.1, 0.15) is 5.60 Å². The van der Waals surface area contributed by atoms with Crippen molar-refractivity contribution in [2.45, 2.75) is 45.8 Å². The van der Waals surface area contributed by atoms with Crippen LogP contribution in [0.5, 0.6) is 0 Å². The highest BCUT2D eigenvalue weighted by Crippen LogP contribution is 2.05. The molecule has 0 aromatic heterocycles. The zero-order valence-corrected chi connectivity index (χ0v) is 10.5. The van der Waals surface area contributed by atoms with E-state index >= 15 is 0 Å². The molecule has 0 aliphatic rings. The van der Waals surface area contributed by atoms with Gasteiger partial charge in [-0.3, -0.25) is 10.2 Å². The molecule has 0 saturated carbocycles. The van der Waals surface area contributed by atoms with Crippen molar-refractivity contribution in [1.29, 1.82) is 0 Å². The summed E-state index contributed by atoms with van der Waals surface area (Å²) in [5, 5.41) is 2.50.